The fourth-order valence-corrected chi connectivity index (χ4v) is 3.04. The highest BCUT2D eigenvalue weighted by atomic mass is 35.5. The number of benzene rings is 2. The second kappa shape index (κ2) is 6.39. The van der Waals surface area contributed by atoms with Crippen LogP contribution >= 0.6 is 11.6 Å². The molecule has 1 fully saturated rings. The topological polar surface area (TPSA) is 32.3 Å². The summed E-state index contributed by atoms with van der Waals surface area (Å²) in [6, 6.07) is 18.2. The SMILES string of the molecule is O=CC1NCC(c2ccccc2)N1Cc1cccc(Cl)c1. The third-order valence-corrected chi connectivity index (χ3v) is 4.08. The molecule has 2 atom stereocenters. The van der Waals surface area contributed by atoms with Crippen LogP contribution in [0.25, 0.3) is 0 Å². The molecule has 0 bridgehead atoms. The van der Waals surface area contributed by atoms with Gasteiger partial charge in [-0.1, -0.05) is 54.1 Å². The molecule has 1 N–H and O–H groups in total. The lowest BCUT2D eigenvalue weighted by Gasteiger charge is -2.27. The van der Waals surface area contributed by atoms with Gasteiger partial charge in [-0.05, 0) is 23.3 Å². The summed E-state index contributed by atoms with van der Waals surface area (Å²) in [4.78, 5) is 13.5. The van der Waals surface area contributed by atoms with E-state index in [-0.39, 0.29) is 12.2 Å². The van der Waals surface area contributed by atoms with Crippen molar-refractivity contribution in [2.45, 2.75) is 18.8 Å². The second-order valence-electron chi connectivity index (χ2n) is 5.22. The Bertz CT molecular complexity index is 617. The Balaban J connectivity index is 1.86. The summed E-state index contributed by atoms with van der Waals surface area (Å²) in [6.45, 7) is 1.46. The first kappa shape index (κ1) is 14.3. The first-order valence-corrected chi connectivity index (χ1v) is 7.39. The number of nitrogens with zero attached hydrogens (tertiary/aromatic N) is 1. The fraction of sp³-hybridized carbons (Fsp3) is 0.235. The molecule has 2 aromatic carbocycles. The van der Waals surface area contributed by atoms with E-state index in [0.717, 1.165) is 23.4 Å². The van der Waals surface area contributed by atoms with Gasteiger partial charge in [0, 0.05) is 24.2 Å². The van der Waals surface area contributed by atoms with E-state index in [4.69, 9.17) is 11.6 Å². The summed E-state index contributed by atoms with van der Waals surface area (Å²) in [5, 5.41) is 3.99. The molecular formula is C17H17ClN2O. The average molecular weight is 301 g/mol. The van der Waals surface area contributed by atoms with Crippen molar-refractivity contribution in [1.82, 2.24) is 10.2 Å². The number of aldehydes is 1. The summed E-state index contributed by atoms with van der Waals surface area (Å²) < 4.78 is 0. The molecule has 1 aliphatic heterocycles. The zero-order valence-electron chi connectivity index (χ0n) is 11.6. The average Bonchev–Trinajstić information content (AvgIpc) is 2.91. The number of halogens is 1. The quantitative estimate of drug-likeness (QED) is 0.881. The summed E-state index contributed by atoms with van der Waals surface area (Å²) in [5.74, 6) is 0. The molecule has 2 unspecified atom stereocenters. The van der Waals surface area contributed by atoms with Crippen molar-refractivity contribution >= 4 is 17.9 Å². The number of nitrogens with one attached hydrogen (secondary N) is 1. The minimum absolute atomic E-state index is 0.195. The minimum atomic E-state index is -0.255. The standard InChI is InChI=1S/C17H17ClN2O/c18-15-8-4-5-13(9-15)11-20-16(10-19-17(20)12-21)14-6-2-1-3-7-14/h1-9,12,16-17,19H,10-11H2. The number of carbonyl (C=O) groups is 1. The minimum Gasteiger partial charge on any atom is -0.300 e. The van der Waals surface area contributed by atoms with Crippen molar-refractivity contribution in [2.24, 2.45) is 0 Å². The van der Waals surface area contributed by atoms with E-state index in [1.54, 1.807) is 0 Å². The zero-order chi connectivity index (χ0) is 14.7. The third kappa shape index (κ3) is 3.16. The molecule has 0 saturated carbocycles. The Hall–Kier alpha value is -1.68. The van der Waals surface area contributed by atoms with E-state index in [2.05, 4.69) is 22.3 Å². The van der Waals surface area contributed by atoms with Gasteiger partial charge in [0.05, 0.1) is 0 Å². The molecule has 1 aliphatic rings. The van der Waals surface area contributed by atoms with Crippen LogP contribution in [0.5, 0.6) is 0 Å². The summed E-state index contributed by atoms with van der Waals surface area (Å²) >= 11 is 6.05. The van der Waals surface area contributed by atoms with Gasteiger partial charge in [-0.2, -0.15) is 0 Å². The Kier molecular flexibility index (Phi) is 4.34. The van der Waals surface area contributed by atoms with Gasteiger partial charge in [-0.25, -0.2) is 0 Å². The van der Waals surface area contributed by atoms with E-state index in [0.29, 0.717) is 6.54 Å². The molecule has 108 valence electrons. The van der Waals surface area contributed by atoms with Crippen LogP contribution in [0.1, 0.15) is 17.2 Å². The van der Waals surface area contributed by atoms with Gasteiger partial charge in [0.2, 0.25) is 0 Å². The largest absolute Gasteiger partial charge is 0.300 e. The molecule has 21 heavy (non-hydrogen) atoms. The lowest BCUT2D eigenvalue weighted by Crippen LogP contribution is -2.37. The van der Waals surface area contributed by atoms with Crippen molar-refractivity contribution in [3.63, 3.8) is 0 Å². The van der Waals surface area contributed by atoms with E-state index < -0.39 is 0 Å². The van der Waals surface area contributed by atoms with Crippen LogP contribution in [0.3, 0.4) is 0 Å². The summed E-state index contributed by atoms with van der Waals surface area (Å²) in [5.41, 5.74) is 2.33. The molecular weight excluding hydrogens is 284 g/mol. The maximum atomic E-state index is 11.3. The van der Waals surface area contributed by atoms with Gasteiger partial charge in [-0.3, -0.25) is 10.2 Å². The Morgan fingerprint density at radius 2 is 2.00 bits per heavy atom. The van der Waals surface area contributed by atoms with Crippen molar-refractivity contribution in [3.8, 4) is 0 Å². The van der Waals surface area contributed by atoms with Crippen LogP contribution in [-0.2, 0) is 11.3 Å². The van der Waals surface area contributed by atoms with E-state index in [1.165, 1.54) is 5.56 Å². The summed E-state index contributed by atoms with van der Waals surface area (Å²) in [7, 11) is 0. The molecule has 0 aromatic heterocycles. The first-order chi connectivity index (χ1) is 10.3. The molecule has 1 heterocycles. The molecule has 0 radical (unpaired) electrons. The molecule has 3 rings (SSSR count). The number of hydrogen-bond acceptors (Lipinski definition) is 3. The van der Waals surface area contributed by atoms with E-state index >= 15 is 0 Å². The maximum absolute atomic E-state index is 11.3. The highest BCUT2D eigenvalue weighted by Gasteiger charge is 2.33. The molecule has 1 saturated heterocycles. The van der Waals surface area contributed by atoms with E-state index in [9.17, 15) is 4.79 Å². The van der Waals surface area contributed by atoms with Gasteiger partial charge in [0.25, 0.3) is 0 Å². The fourth-order valence-electron chi connectivity index (χ4n) is 2.83. The highest BCUT2D eigenvalue weighted by molar-refractivity contribution is 6.30. The number of rotatable bonds is 4. The smallest absolute Gasteiger partial charge is 0.151 e. The lowest BCUT2D eigenvalue weighted by atomic mass is 10.1. The first-order valence-electron chi connectivity index (χ1n) is 7.02. The van der Waals surface area contributed by atoms with Gasteiger partial charge in [0.15, 0.2) is 6.29 Å². The predicted octanol–water partition coefficient (Wildman–Crippen LogP) is 3.01. The maximum Gasteiger partial charge on any atom is 0.151 e. The Morgan fingerprint density at radius 1 is 1.19 bits per heavy atom. The van der Waals surface area contributed by atoms with Gasteiger partial charge in [-0.15, -0.1) is 0 Å². The normalized spacial score (nSPS) is 22.3. The zero-order valence-corrected chi connectivity index (χ0v) is 12.3. The molecule has 4 heteroatoms. The number of hydrogen-bond donors (Lipinski definition) is 1. The Labute approximate surface area is 129 Å². The van der Waals surface area contributed by atoms with Crippen LogP contribution in [0, 0.1) is 0 Å². The van der Waals surface area contributed by atoms with E-state index in [1.807, 2.05) is 42.5 Å². The molecule has 3 nitrogen and oxygen atoms in total. The lowest BCUT2D eigenvalue weighted by molar-refractivity contribution is -0.112. The molecule has 0 amide bonds. The van der Waals surface area contributed by atoms with Crippen LogP contribution in [0.2, 0.25) is 5.02 Å². The van der Waals surface area contributed by atoms with Crippen molar-refractivity contribution in [2.75, 3.05) is 6.54 Å². The van der Waals surface area contributed by atoms with Gasteiger partial charge in [0.1, 0.15) is 6.17 Å². The van der Waals surface area contributed by atoms with Crippen molar-refractivity contribution in [1.29, 1.82) is 0 Å². The van der Waals surface area contributed by atoms with Crippen LogP contribution in [0.4, 0.5) is 0 Å². The predicted molar refractivity (Wildman–Crippen MR) is 84.0 cm³/mol. The second-order valence-corrected chi connectivity index (χ2v) is 5.65. The number of carbonyl (C=O) groups excluding carboxylic acids is 1. The molecule has 0 spiro atoms. The van der Waals surface area contributed by atoms with Crippen LogP contribution in [0.15, 0.2) is 54.6 Å². The van der Waals surface area contributed by atoms with Gasteiger partial charge < -0.3 is 4.79 Å². The molecule has 2 aromatic rings. The Morgan fingerprint density at radius 3 is 2.71 bits per heavy atom. The third-order valence-electron chi connectivity index (χ3n) is 3.85. The van der Waals surface area contributed by atoms with Crippen molar-refractivity contribution < 1.29 is 4.79 Å². The van der Waals surface area contributed by atoms with Gasteiger partial charge >= 0.3 is 0 Å². The van der Waals surface area contributed by atoms with Crippen LogP contribution in [-0.4, -0.2) is 23.9 Å². The monoisotopic (exact) mass is 300 g/mol. The molecule has 0 aliphatic carbocycles. The highest BCUT2D eigenvalue weighted by Crippen LogP contribution is 2.28. The van der Waals surface area contributed by atoms with Crippen LogP contribution < -0.4 is 5.32 Å². The van der Waals surface area contributed by atoms with Crippen molar-refractivity contribution in [3.05, 3.63) is 70.7 Å². The summed E-state index contributed by atoms with van der Waals surface area (Å²) in [6.07, 6.45) is 0.710.